The molecule has 1 aromatic heterocycles. The lowest BCUT2D eigenvalue weighted by atomic mass is 10.1. The minimum absolute atomic E-state index is 0.0795. The van der Waals surface area contributed by atoms with E-state index in [2.05, 4.69) is 10.3 Å². The van der Waals surface area contributed by atoms with E-state index in [4.69, 9.17) is 0 Å². The van der Waals surface area contributed by atoms with Crippen molar-refractivity contribution < 1.29 is 4.79 Å². The molecule has 0 aliphatic heterocycles. The molecule has 1 N–H and O–H groups in total. The van der Waals surface area contributed by atoms with Crippen molar-refractivity contribution in [3.05, 3.63) is 75.6 Å². The third-order valence-electron chi connectivity index (χ3n) is 4.47. The number of thioether (sulfide) groups is 1. The Balaban J connectivity index is 1.88. The lowest BCUT2D eigenvalue weighted by Crippen LogP contribution is -2.29. The molecule has 3 aromatic rings. The first kappa shape index (κ1) is 19.9. The van der Waals surface area contributed by atoms with Gasteiger partial charge in [-0.2, -0.15) is 0 Å². The van der Waals surface area contributed by atoms with Crippen molar-refractivity contribution in [3.8, 4) is 11.3 Å². The second-order valence-corrected chi connectivity index (χ2v) is 7.51. The fourth-order valence-corrected chi connectivity index (χ4v) is 3.81. The fraction of sp³-hybridized carbons (Fsp3) is 0.227. The first-order valence-corrected chi connectivity index (χ1v) is 10.2. The lowest BCUT2D eigenvalue weighted by molar-refractivity contribution is -0.116. The highest BCUT2D eigenvalue weighted by Gasteiger charge is 2.14. The van der Waals surface area contributed by atoms with Crippen molar-refractivity contribution in [2.45, 2.75) is 32.5 Å². The summed E-state index contributed by atoms with van der Waals surface area (Å²) in [7, 11) is 0. The number of aryl methyl sites for hydroxylation is 3. The van der Waals surface area contributed by atoms with Crippen LogP contribution in [0.25, 0.3) is 11.3 Å². The maximum atomic E-state index is 12.7. The maximum absolute atomic E-state index is 12.7. The summed E-state index contributed by atoms with van der Waals surface area (Å²) in [6.45, 7) is 5.87. The molecule has 6 heteroatoms. The Labute approximate surface area is 168 Å². The summed E-state index contributed by atoms with van der Waals surface area (Å²) in [5, 5.41) is 3.46. The molecule has 0 unspecified atom stereocenters. The Morgan fingerprint density at radius 1 is 1.07 bits per heavy atom. The van der Waals surface area contributed by atoms with Crippen molar-refractivity contribution >= 4 is 23.4 Å². The van der Waals surface area contributed by atoms with E-state index in [0.717, 1.165) is 27.9 Å². The number of amides is 1. The molecule has 0 radical (unpaired) electrons. The van der Waals surface area contributed by atoms with Gasteiger partial charge in [0.05, 0.1) is 5.69 Å². The molecule has 5 nitrogen and oxygen atoms in total. The van der Waals surface area contributed by atoms with Crippen molar-refractivity contribution in [1.82, 2.24) is 9.55 Å². The van der Waals surface area contributed by atoms with E-state index in [-0.39, 0.29) is 18.0 Å². The average molecular weight is 394 g/mol. The molecular weight excluding hydrogens is 370 g/mol. The number of carbonyl (C=O) groups excluding carboxylic acids is 1. The number of anilines is 1. The quantitative estimate of drug-likeness (QED) is 0.521. The van der Waals surface area contributed by atoms with Crippen LogP contribution in [0.2, 0.25) is 0 Å². The minimum atomic E-state index is -0.248. The molecule has 0 saturated heterocycles. The Kier molecular flexibility index (Phi) is 5.99. The van der Waals surface area contributed by atoms with E-state index in [1.54, 1.807) is 0 Å². The van der Waals surface area contributed by atoms with Crippen molar-refractivity contribution in [2.24, 2.45) is 0 Å². The van der Waals surface area contributed by atoms with Crippen LogP contribution in [0.4, 0.5) is 5.69 Å². The number of hydrogen-bond donors (Lipinski definition) is 1. The van der Waals surface area contributed by atoms with E-state index in [1.807, 2.05) is 69.5 Å². The van der Waals surface area contributed by atoms with Gasteiger partial charge in [-0.25, -0.2) is 4.98 Å². The summed E-state index contributed by atoms with van der Waals surface area (Å²) in [6, 6.07) is 15.1. The predicted molar refractivity (Wildman–Crippen MR) is 115 cm³/mol. The Morgan fingerprint density at radius 2 is 1.71 bits per heavy atom. The Hall–Kier alpha value is -2.86. The number of carbonyl (C=O) groups is 1. The zero-order valence-electron chi connectivity index (χ0n) is 16.4. The number of nitrogens with zero attached hydrogens (tertiary/aromatic N) is 2. The molecule has 144 valence electrons. The summed E-state index contributed by atoms with van der Waals surface area (Å²) < 4.78 is 1.41. The minimum Gasteiger partial charge on any atom is -0.324 e. The highest BCUT2D eigenvalue weighted by Crippen LogP contribution is 2.22. The van der Waals surface area contributed by atoms with Crippen LogP contribution >= 0.6 is 11.8 Å². The van der Waals surface area contributed by atoms with Gasteiger partial charge in [-0.3, -0.25) is 14.2 Å². The highest BCUT2D eigenvalue weighted by molar-refractivity contribution is 7.98. The van der Waals surface area contributed by atoms with E-state index in [1.165, 1.54) is 22.4 Å². The molecule has 0 aliphatic rings. The predicted octanol–water partition coefficient (Wildman–Crippen LogP) is 4.20. The maximum Gasteiger partial charge on any atom is 0.255 e. The number of benzene rings is 2. The molecule has 0 fully saturated rings. The largest absolute Gasteiger partial charge is 0.324 e. The summed E-state index contributed by atoms with van der Waals surface area (Å²) >= 11 is 1.35. The SMILES string of the molecule is CSc1nc(-c2ccccc2)cc(=O)n1CC(=O)Nc1c(C)cc(C)cc1C. The van der Waals surface area contributed by atoms with Crippen molar-refractivity contribution in [2.75, 3.05) is 11.6 Å². The molecule has 1 amide bonds. The van der Waals surface area contributed by atoms with E-state index in [0.29, 0.717) is 10.9 Å². The van der Waals surface area contributed by atoms with Gasteiger partial charge in [-0.05, 0) is 38.2 Å². The molecule has 0 bridgehead atoms. The Morgan fingerprint density at radius 3 is 2.32 bits per heavy atom. The third-order valence-corrected chi connectivity index (χ3v) is 5.15. The van der Waals surface area contributed by atoms with Gasteiger partial charge in [0.15, 0.2) is 5.16 Å². The van der Waals surface area contributed by atoms with Crippen LogP contribution in [0.5, 0.6) is 0 Å². The number of aromatic nitrogens is 2. The van der Waals surface area contributed by atoms with Crippen LogP contribution in [-0.2, 0) is 11.3 Å². The molecule has 0 saturated carbocycles. The molecule has 0 spiro atoms. The van der Waals surface area contributed by atoms with Gasteiger partial charge >= 0.3 is 0 Å². The molecule has 3 rings (SSSR count). The fourth-order valence-electron chi connectivity index (χ4n) is 3.24. The number of hydrogen-bond acceptors (Lipinski definition) is 4. The van der Waals surface area contributed by atoms with E-state index in [9.17, 15) is 9.59 Å². The molecule has 2 aromatic carbocycles. The number of nitrogens with one attached hydrogen (secondary N) is 1. The summed E-state index contributed by atoms with van der Waals surface area (Å²) in [5.74, 6) is -0.248. The van der Waals surface area contributed by atoms with Crippen molar-refractivity contribution in [1.29, 1.82) is 0 Å². The van der Waals surface area contributed by atoms with Gasteiger partial charge in [0.25, 0.3) is 5.56 Å². The first-order valence-electron chi connectivity index (χ1n) is 8.98. The lowest BCUT2D eigenvalue weighted by Gasteiger charge is -2.15. The summed E-state index contributed by atoms with van der Waals surface area (Å²) in [4.78, 5) is 29.9. The molecule has 28 heavy (non-hydrogen) atoms. The van der Waals surface area contributed by atoms with Gasteiger partial charge in [-0.1, -0.05) is 59.8 Å². The number of rotatable bonds is 5. The van der Waals surface area contributed by atoms with Gasteiger partial charge in [0.1, 0.15) is 6.54 Å². The zero-order valence-corrected chi connectivity index (χ0v) is 17.3. The van der Waals surface area contributed by atoms with Gasteiger partial charge in [0, 0.05) is 17.3 Å². The van der Waals surface area contributed by atoms with Crippen LogP contribution < -0.4 is 10.9 Å². The molecular formula is C22H23N3O2S. The second kappa shape index (κ2) is 8.44. The second-order valence-electron chi connectivity index (χ2n) is 6.74. The van der Waals surface area contributed by atoms with Gasteiger partial charge in [-0.15, -0.1) is 0 Å². The third kappa shape index (κ3) is 4.34. The van der Waals surface area contributed by atoms with Crippen LogP contribution in [0.1, 0.15) is 16.7 Å². The van der Waals surface area contributed by atoms with E-state index < -0.39 is 0 Å². The topological polar surface area (TPSA) is 64.0 Å². The van der Waals surface area contributed by atoms with Crippen molar-refractivity contribution in [3.63, 3.8) is 0 Å². The van der Waals surface area contributed by atoms with E-state index >= 15 is 0 Å². The van der Waals surface area contributed by atoms with Gasteiger partial charge in [0.2, 0.25) is 5.91 Å². The molecule has 1 heterocycles. The Bertz CT molecular complexity index is 1050. The van der Waals surface area contributed by atoms with Crippen LogP contribution in [0.15, 0.2) is 58.5 Å². The average Bonchev–Trinajstić information content (AvgIpc) is 2.66. The van der Waals surface area contributed by atoms with Crippen LogP contribution in [0, 0.1) is 20.8 Å². The van der Waals surface area contributed by atoms with Gasteiger partial charge < -0.3 is 5.32 Å². The standard InChI is InChI=1S/C22H23N3O2S/c1-14-10-15(2)21(16(3)11-14)24-19(26)13-25-20(27)12-18(23-22(25)28-4)17-8-6-5-7-9-17/h5-12H,13H2,1-4H3,(H,24,26). The highest BCUT2D eigenvalue weighted by atomic mass is 32.2. The zero-order chi connectivity index (χ0) is 20.3. The van der Waals surface area contributed by atoms with Crippen LogP contribution in [-0.4, -0.2) is 21.7 Å². The normalized spacial score (nSPS) is 10.7. The summed E-state index contributed by atoms with van der Waals surface area (Å²) in [5.41, 5.74) is 5.18. The molecule has 0 atom stereocenters. The molecule has 0 aliphatic carbocycles. The first-order chi connectivity index (χ1) is 13.4. The van der Waals surface area contributed by atoms with Crippen LogP contribution in [0.3, 0.4) is 0 Å². The monoisotopic (exact) mass is 393 g/mol. The summed E-state index contributed by atoms with van der Waals surface area (Å²) in [6.07, 6.45) is 1.85. The smallest absolute Gasteiger partial charge is 0.255 e.